The van der Waals surface area contributed by atoms with Crippen LogP contribution in [0.2, 0.25) is 0 Å². The van der Waals surface area contributed by atoms with Crippen molar-refractivity contribution in [3.8, 4) is 0 Å². The van der Waals surface area contributed by atoms with Crippen molar-refractivity contribution in [3.05, 3.63) is 17.5 Å². The number of aliphatic hydroxyl groups excluding tert-OH is 1. The zero-order valence-corrected chi connectivity index (χ0v) is 9.49. The van der Waals surface area contributed by atoms with Crippen molar-refractivity contribution in [2.45, 2.75) is 26.0 Å². The second kappa shape index (κ2) is 4.74. The molecule has 1 unspecified atom stereocenters. The molecule has 5 heteroatoms. The van der Waals surface area contributed by atoms with Crippen LogP contribution in [-0.2, 0) is 13.6 Å². The Morgan fingerprint density at radius 1 is 1.60 bits per heavy atom. The fraction of sp³-hybridized carbons (Fsp3) is 0.700. The molecule has 1 heterocycles. The van der Waals surface area contributed by atoms with Crippen LogP contribution in [0.25, 0.3) is 0 Å². The molecule has 1 atom stereocenters. The van der Waals surface area contributed by atoms with Crippen molar-refractivity contribution in [1.29, 1.82) is 0 Å². The molecule has 0 bridgehead atoms. The zero-order valence-electron chi connectivity index (χ0n) is 9.49. The number of aromatic nitrogens is 2. The molecule has 1 aromatic heterocycles. The van der Waals surface area contributed by atoms with Crippen molar-refractivity contribution < 1.29 is 10.2 Å². The number of aliphatic hydroxyl groups is 2. The van der Waals surface area contributed by atoms with E-state index in [0.717, 1.165) is 11.3 Å². The number of rotatable bonds is 5. The van der Waals surface area contributed by atoms with E-state index in [9.17, 15) is 5.11 Å². The molecule has 0 spiro atoms. The predicted molar refractivity (Wildman–Crippen MR) is 57.4 cm³/mol. The van der Waals surface area contributed by atoms with E-state index in [1.54, 1.807) is 17.8 Å². The Bertz CT molecular complexity index is 320. The van der Waals surface area contributed by atoms with Gasteiger partial charge < -0.3 is 15.5 Å². The Hall–Kier alpha value is -0.910. The van der Waals surface area contributed by atoms with Gasteiger partial charge in [0.05, 0.1) is 18.4 Å². The molecule has 0 aliphatic heterocycles. The quantitative estimate of drug-likeness (QED) is 0.620. The van der Waals surface area contributed by atoms with E-state index in [4.69, 9.17) is 5.11 Å². The van der Waals surface area contributed by atoms with Crippen LogP contribution in [-0.4, -0.2) is 38.7 Å². The van der Waals surface area contributed by atoms with Crippen LogP contribution in [0.1, 0.15) is 18.2 Å². The van der Waals surface area contributed by atoms with Crippen LogP contribution in [0.15, 0.2) is 6.20 Å². The molecule has 0 fully saturated rings. The molecular weight excluding hydrogens is 194 g/mol. The minimum absolute atomic E-state index is 0.244. The highest BCUT2D eigenvalue weighted by atomic mass is 16.3. The molecule has 0 saturated carbocycles. The molecule has 5 nitrogen and oxygen atoms in total. The first kappa shape index (κ1) is 12.2. The first-order chi connectivity index (χ1) is 6.96. The second-order valence-corrected chi connectivity index (χ2v) is 4.14. The average molecular weight is 213 g/mol. The van der Waals surface area contributed by atoms with Crippen LogP contribution in [0.5, 0.6) is 0 Å². The van der Waals surface area contributed by atoms with E-state index in [-0.39, 0.29) is 6.61 Å². The SMILES string of the molecule is Cc1c(CNCC(C)(O)CO)cnn1C. The van der Waals surface area contributed by atoms with E-state index >= 15 is 0 Å². The lowest BCUT2D eigenvalue weighted by atomic mass is 10.1. The number of hydrogen-bond donors (Lipinski definition) is 3. The summed E-state index contributed by atoms with van der Waals surface area (Å²) in [6.45, 7) is 4.35. The lowest BCUT2D eigenvalue weighted by Crippen LogP contribution is -2.40. The Labute approximate surface area is 89.7 Å². The Morgan fingerprint density at radius 2 is 2.27 bits per heavy atom. The molecule has 0 saturated heterocycles. The van der Waals surface area contributed by atoms with Crippen LogP contribution >= 0.6 is 0 Å². The van der Waals surface area contributed by atoms with E-state index < -0.39 is 5.60 Å². The summed E-state index contributed by atoms with van der Waals surface area (Å²) < 4.78 is 1.81. The largest absolute Gasteiger partial charge is 0.393 e. The minimum atomic E-state index is -1.06. The van der Waals surface area contributed by atoms with E-state index in [1.165, 1.54) is 0 Å². The number of hydrogen-bond acceptors (Lipinski definition) is 4. The number of nitrogens with zero attached hydrogens (tertiary/aromatic N) is 2. The molecule has 0 radical (unpaired) electrons. The summed E-state index contributed by atoms with van der Waals surface area (Å²) in [5.74, 6) is 0. The maximum Gasteiger partial charge on any atom is 0.0972 e. The van der Waals surface area contributed by atoms with Gasteiger partial charge in [-0.25, -0.2) is 0 Å². The molecule has 1 rings (SSSR count). The molecule has 3 N–H and O–H groups in total. The summed E-state index contributed by atoms with van der Waals surface area (Å²) in [6, 6.07) is 0. The van der Waals surface area contributed by atoms with Gasteiger partial charge in [-0.15, -0.1) is 0 Å². The molecule has 15 heavy (non-hydrogen) atoms. The summed E-state index contributed by atoms with van der Waals surface area (Å²) in [7, 11) is 1.89. The first-order valence-electron chi connectivity index (χ1n) is 4.98. The highest BCUT2D eigenvalue weighted by Crippen LogP contribution is 2.05. The van der Waals surface area contributed by atoms with Crippen molar-refractivity contribution in [1.82, 2.24) is 15.1 Å². The number of aryl methyl sites for hydroxylation is 1. The van der Waals surface area contributed by atoms with Gasteiger partial charge in [-0.05, 0) is 13.8 Å². The second-order valence-electron chi connectivity index (χ2n) is 4.14. The fourth-order valence-corrected chi connectivity index (χ4v) is 1.24. The predicted octanol–water partition coefficient (Wildman–Crippen LogP) is -0.439. The van der Waals surface area contributed by atoms with Crippen LogP contribution in [0.4, 0.5) is 0 Å². The highest BCUT2D eigenvalue weighted by Gasteiger charge is 2.18. The normalized spacial score (nSPS) is 15.3. The van der Waals surface area contributed by atoms with Gasteiger partial charge in [-0.2, -0.15) is 5.10 Å². The lowest BCUT2D eigenvalue weighted by Gasteiger charge is -2.20. The summed E-state index contributed by atoms with van der Waals surface area (Å²) in [5, 5.41) is 25.6. The van der Waals surface area contributed by atoms with Crippen molar-refractivity contribution in [2.24, 2.45) is 7.05 Å². The molecule has 0 amide bonds. The van der Waals surface area contributed by atoms with E-state index in [0.29, 0.717) is 13.1 Å². The number of nitrogens with one attached hydrogen (secondary N) is 1. The first-order valence-corrected chi connectivity index (χ1v) is 4.98. The third-order valence-electron chi connectivity index (χ3n) is 2.50. The fourth-order valence-electron chi connectivity index (χ4n) is 1.24. The van der Waals surface area contributed by atoms with Gasteiger partial charge in [0.2, 0.25) is 0 Å². The van der Waals surface area contributed by atoms with Gasteiger partial charge in [0.15, 0.2) is 0 Å². The lowest BCUT2D eigenvalue weighted by molar-refractivity contribution is 0.00253. The monoisotopic (exact) mass is 213 g/mol. The van der Waals surface area contributed by atoms with Gasteiger partial charge in [0, 0.05) is 31.4 Å². The maximum absolute atomic E-state index is 9.54. The standard InChI is InChI=1S/C10H19N3O2/c1-8-9(5-12-13(8)3)4-11-6-10(2,15)7-14/h5,11,14-15H,4,6-7H2,1-3H3. The van der Waals surface area contributed by atoms with Crippen LogP contribution < -0.4 is 5.32 Å². The van der Waals surface area contributed by atoms with Crippen molar-refractivity contribution in [3.63, 3.8) is 0 Å². The zero-order chi connectivity index (χ0) is 11.5. The molecular formula is C10H19N3O2. The summed E-state index contributed by atoms with van der Waals surface area (Å²) in [5.41, 5.74) is 1.15. The van der Waals surface area contributed by atoms with Crippen LogP contribution in [0.3, 0.4) is 0 Å². The van der Waals surface area contributed by atoms with Gasteiger partial charge in [0.1, 0.15) is 0 Å². The molecule has 0 aromatic carbocycles. The third-order valence-corrected chi connectivity index (χ3v) is 2.50. The summed E-state index contributed by atoms with van der Waals surface area (Å²) in [4.78, 5) is 0. The van der Waals surface area contributed by atoms with Crippen molar-refractivity contribution >= 4 is 0 Å². The van der Waals surface area contributed by atoms with Gasteiger partial charge in [0.25, 0.3) is 0 Å². The van der Waals surface area contributed by atoms with Gasteiger partial charge >= 0.3 is 0 Å². The summed E-state index contributed by atoms with van der Waals surface area (Å²) >= 11 is 0. The van der Waals surface area contributed by atoms with Crippen LogP contribution in [0, 0.1) is 6.92 Å². The molecule has 0 aliphatic rings. The smallest absolute Gasteiger partial charge is 0.0972 e. The summed E-state index contributed by atoms with van der Waals surface area (Å²) in [6.07, 6.45) is 1.80. The molecule has 0 aliphatic carbocycles. The highest BCUT2D eigenvalue weighted by molar-refractivity contribution is 5.15. The Kier molecular flexibility index (Phi) is 3.84. The van der Waals surface area contributed by atoms with E-state index in [2.05, 4.69) is 10.4 Å². The Morgan fingerprint density at radius 3 is 2.73 bits per heavy atom. The maximum atomic E-state index is 9.54. The Balaban J connectivity index is 2.42. The average Bonchev–Trinajstić information content (AvgIpc) is 2.49. The topological polar surface area (TPSA) is 70.3 Å². The van der Waals surface area contributed by atoms with Gasteiger partial charge in [-0.3, -0.25) is 4.68 Å². The van der Waals surface area contributed by atoms with E-state index in [1.807, 2.05) is 14.0 Å². The third kappa shape index (κ3) is 3.30. The minimum Gasteiger partial charge on any atom is -0.393 e. The molecule has 1 aromatic rings. The van der Waals surface area contributed by atoms with Gasteiger partial charge in [-0.1, -0.05) is 0 Å². The molecule has 86 valence electrons. The van der Waals surface area contributed by atoms with Crippen molar-refractivity contribution in [2.75, 3.05) is 13.2 Å².